The van der Waals surface area contributed by atoms with Crippen LogP contribution in [0.25, 0.3) is 0 Å². The standard InChI is InChI=1S/C18H38N2.2Li/c1-15(2,3)13-17(7,8)19-11-12-20-18(9,10)14-16(4,5)6;;/h11-12,19-20H,13-14H2,1-10H3;;. The van der Waals surface area contributed by atoms with Crippen molar-refractivity contribution in [1.82, 2.24) is 10.6 Å². The van der Waals surface area contributed by atoms with E-state index in [4.69, 9.17) is 0 Å². The van der Waals surface area contributed by atoms with E-state index in [1.165, 1.54) is 0 Å². The van der Waals surface area contributed by atoms with Crippen LogP contribution in [0.4, 0.5) is 0 Å². The van der Waals surface area contributed by atoms with E-state index in [9.17, 15) is 0 Å². The Labute approximate surface area is 164 Å². The summed E-state index contributed by atoms with van der Waals surface area (Å²) in [5.41, 5.74) is 0.905. The van der Waals surface area contributed by atoms with Crippen LogP contribution >= 0.6 is 0 Å². The molecular weight excluding hydrogens is 258 g/mol. The molecule has 0 rings (SSSR count). The summed E-state index contributed by atoms with van der Waals surface area (Å²) in [6, 6.07) is 0. The average molecular weight is 296 g/mol. The van der Waals surface area contributed by atoms with Crippen LogP contribution in [0, 0.1) is 10.8 Å². The second kappa shape index (κ2) is 9.74. The van der Waals surface area contributed by atoms with Crippen molar-refractivity contribution >= 4 is 37.7 Å². The molecule has 0 amide bonds. The van der Waals surface area contributed by atoms with Crippen LogP contribution < -0.4 is 10.6 Å². The van der Waals surface area contributed by atoms with Crippen LogP contribution in [-0.4, -0.2) is 48.8 Å². The van der Waals surface area contributed by atoms with Crippen molar-refractivity contribution in [2.45, 2.75) is 93.2 Å². The van der Waals surface area contributed by atoms with Gasteiger partial charge in [-0.15, -0.1) is 0 Å². The Morgan fingerprint density at radius 1 is 0.545 bits per heavy atom. The zero-order chi connectivity index (χ0) is 16.2. The SMILES string of the molecule is CC(C)(C)CC(C)(C)NC=CNC(C)(C)CC(C)(C)C.[Li].[Li]. The molecule has 0 fully saturated rings. The molecule has 2 radical (unpaired) electrons. The third-order valence-electron chi connectivity index (χ3n) is 2.98. The maximum atomic E-state index is 3.51. The first-order valence-corrected chi connectivity index (χ1v) is 7.82. The monoisotopic (exact) mass is 296 g/mol. The van der Waals surface area contributed by atoms with Crippen molar-refractivity contribution in [2.24, 2.45) is 10.8 Å². The molecule has 0 aliphatic heterocycles. The van der Waals surface area contributed by atoms with E-state index in [1.54, 1.807) is 0 Å². The van der Waals surface area contributed by atoms with Gasteiger partial charge in [-0.1, -0.05) is 41.5 Å². The van der Waals surface area contributed by atoms with Crippen molar-refractivity contribution in [2.75, 3.05) is 0 Å². The maximum absolute atomic E-state index is 3.51. The van der Waals surface area contributed by atoms with Gasteiger partial charge in [-0.25, -0.2) is 0 Å². The van der Waals surface area contributed by atoms with Crippen molar-refractivity contribution in [3.8, 4) is 0 Å². The molecule has 0 aromatic carbocycles. The van der Waals surface area contributed by atoms with E-state index in [1.807, 2.05) is 0 Å². The second-order valence-corrected chi connectivity index (χ2v) is 9.86. The molecule has 22 heavy (non-hydrogen) atoms. The number of rotatable bonds is 6. The summed E-state index contributed by atoms with van der Waals surface area (Å²) in [4.78, 5) is 0. The van der Waals surface area contributed by atoms with Gasteiger partial charge in [-0.3, -0.25) is 0 Å². The molecule has 0 aromatic rings. The van der Waals surface area contributed by atoms with E-state index in [0.717, 1.165) is 12.8 Å². The normalized spacial score (nSPS) is 13.4. The quantitative estimate of drug-likeness (QED) is 0.714. The molecule has 0 heterocycles. The number of hydrogen-bond donors (Lipinski definition) is 2. The minimum atomic E-state index is 0. The summed E-state index contributed by atoms with van der Waals surface area (Å²) >= 11 is 0. The smallest absolute Gasteiger partial charge is 0.0317 e. The van der Waals surface area contributed by atoms with E-state index < -0.39 is 0 Å². The fraction of sp³-hybridized carbons (Fsp3) is 0.889. The number of nitrogens with one attached hydrogen (secondary N) is 2. The fourth-order valence-electron chi connectivity index (χ4n) is 3.29. The zero-order valence-electron chi connectivity index (χ0n) is 17.6. The van der Waals surface area contributed by atoms with Crippen LogP contribution in [0.2, 0.25) is 0 Å². The molecule has 0 aliphatic rings. The Kier molecular flexibility index (Phi) is 12.1. The summed E-state index contributed by atoms with van der Waals surface area (Å²) in [5, 5.41) is 7.02. The van der Waals surface area contributed by atoms with Crippen LogP contribution in [0.5, 0.6) is 0 Å². The maximum Gasteiger partial charge on any atom is 0.0317 e. The predicted molar refractivity (Wildman–Crippen MR) is 103 cm³/mol. The Bertz CT molecular complexity index is 289. The minimum absolute atomic E-state index is 0. The molecule has 0 bridgehead atoms. The topological polar surface area (TPSA) is 24.1 Å². The third-order valence-corrected chi connectivity index (χ3v) is 2.98. The van der Waals surface area contributed by atoms with Gasteiger partial charge in [0, 0.05) is 61.2 Å². The molecule has 0 atom stereocenters. The Balaban J connectivity index is -0.00000180. The first-order valence-electron chi connectivity index (χ1n) is 7.82. The van der Waals surface area contributed by atoms with Crippen LogP contribution in [0.1, 0.15) is 82.1 Å². The van der Waals surface area contributed by atoms with Crippen molar-refractivity contribution in [1.29, 1.82) is 0 Å². The summed E-state index contributed by atoms with van der Waals surface area (Å²) in [5.74, 6) is 0. The summed E-state index contributed by atoms with van der Waals surface area (Å²) in [6.07, 6.45) is 6.37. The molecule has 0 aliphatic carbocycles. The molecule has 2 nitrogen and oxygen atoms in total. The van der Waals surface area contributed by atoms with E-state index in [0.29, 0.717) is 10.8 Å². The van der Waals surface area contributed by atoms with Crippen LogP contribution in [0.3, 0.4) is 0 Å². The molecule has 0 unspecified atom stereocenters. The van der Waals surface area contributed by atoms with Gasteiger partial charge in [0.15, 0.2) is 0 Å². The van der Waals surface area contributed by atoms with Gasteiger partial charge in [0.05, 0.1) is 0 Å². The summed E-state index contributed by atoms with van der Waals surface area (Å²) < 4.78 is 0. The van der Waals surface area contributed by atoms with Crippen molar-refractivity contribution in [3.63, 3.8) is 0 Å². The fourth-order valence-corrected chi connectivity index (χ4v) is 3.29. The molecule has 0 aromatic heterocycles. The largest absolute Gasteiger partial charge is 0.385 e. The first-order chi connectivity index (χ1) is 8.62. The third kappa shape index (κ3) is 16.9. The molecule has 2 N–H and O–H groups in total. The second-order valence-electron chi connectivity index (χ2n) is 9.86. The van der Waals surface area contributed by atoms with E-state index >= 15 is 0 Å². The van der Waals surface area contributed by atoms with Gasteiger partial charge in [0.2, 0.25) is 0 Å². The Morgan fingerprint density at radius 2 is 0.773 bits per heavy atom. The van der Waals surface area contributed by atoms with Gasteiger partial charge < -0.3 is 10.6 Å². The predicted octanol–water partition coefficient (Wildman–Crippen LogP) is 4.30. The summed E-state index contributed by atoms with van der Waals surface area (Å²) in [6.45, 7) is 22.7. The van der Waals surface area contributed by atoms with Gasteiger partial charge in [0.1, 0.15) is 0 Å². The molecule has 122 valence electrons. The molecular formula is C18H38Li2N2. The van der Waals surface area contributed by atoms with Crippen molar-refractivity contribution in [3.05, 3.63) is 12.4 Å². The van der Waals surface area contributed by atoms with Gasteiger partial charge in [0.25, 0.3) is 0 Å². The number of hydrogen-bond acceptors (Lipinski definition) is 2. The van der Waals surface area contributed by atoms with E-state index in [-0.39, 0.29) is 48.8 Å². The van der Waals surface area contributed by atoms with Gasteiger partial charge in [-0.2, -0.15) is 0 Å². The van der Waals surface area contributed by atoms with Gasteiger partial charge in [-0.05, 0) is 51.4 Å². The Morgan fingerprint density at radius 3 is 0.955 bits per heavy atom. The Hall–Kier alpha value is 0.535. The van der Waals surface area contributed by atoms with Gasteiger partial charge >= 0.3 is 0 Å². The van der Waals surface area contributed by atoms with Crippen molar-refractivity contribution < 1.29 is 0 Å². The van der Waals surface area contributed by atoms with E-state index in [2.05, 4.69) is 92.3 Å². The van der Waals surface area contributed by atoms with Crippen LogP contribution in [-0.2, 0) is 0 Å². The molecule has 0 saturated carbocycles. The molecule has 0 saturated heterocycles. The minimum Gasteiger partial charge on any atom is -0.385 e. The van der Waals surface area contributed by atoms with Crippen LogP contribution in [0.15, 0.2) is 12.4 Å². The zero-order valence-corrected chi connectivity index (χ0v) is 17.6. The average Bonchev–Trinajstić information content (AvgIpc) is 2.04. The summed E-state index contributed by atoms with van der Waals surface area (Å²) in [7, 11) is 0. The molecule has 4 heteroatoms. The molecule has 0 spiro atoms. The first kappa shape index (κ1) is 27.4.